The topological polar surface area (TPSA) is 38.9 Å². The smallest absolute Gasteiger partial charge is 0.139 e. The molecule has 2 heterocycles. The van der Waals surface area contributed by atoms with E-state index in [9.17, 15) is 0 Å². The van der Waals surface area contributed by atoms with Crippen molar-refractivity contribution in [2.45, 2.75) is 38.5 Å². The van der Waals surface area contributed by atoms with Crippen LogP contribution in [-0.2, 0) is 10.8 Å². The fraction of sp³-hybridized carbons (Fsp3) is 0.125. The molecule has 51 heavy (non-hydrogen) atoms. The number of fused-ring (bicyclic) bond motifs is 10. The predicted molar refractivity (Wildman–Crippen MR) is 212 cm³/mol. The number of rotatable bonds is 3. The van der Waals surface area contributed by atoms with Crippen molar-refractivity contribution >= 4 is 43.7 Å². The van der Waals surface area contributed by atoms with Gasteiger partial charge in [0.1, 0.15) is 11.2 Å². The second kappa shape index (κ2) is 10.7. The lowest BCUT2D eigenvalue weighted by atomic mass is 9.55. The summed E-state index contributed by atoms with van der Waals surface area (Å²) in [5, 5.41) is 4.85. The van der Waals surface area contributed by atoms with Crippen LogP contribution in [-0.4, -0.2) is 9.97 Å². The van der Waals surface area contributed by atoms with E-state index in [-0.39, 0.29) is 10.8 Å². The number of aromatic nitrogens is 2. The van der Waals surface area contributed by atoms with Gasteiger partial charge in [0.25, 0.3) is 0 Å². The van der Waals surface area contributed by atoms with Crippen LogP contribution < -0.4 is 0 Å². The van der Waals surface area contributed by atoms with Gasteiger partial charge < -0.3 is 4.42 Å². The normalized spacial score (nSPS) is 14.6. The van der Waals surface area contributed by atoms with Crippen molar-refractivity contribution in [1.29, 1.82) is 0 Å². The zero-order valence-electron chi connectivity index (χ0n) is 29.2. The second-order valence-electron chi connectivity index (χ2n) is 15.0. The first-order valence-corrected chi connectivity index (χ1v) is 17.7. The Hall–Kier alpha value is -6.06. The van der Waals surface area contributed by atoms with Gasteiger partial charge in [-0.25, -0.2) is 9.97 Å². The van der Waals surface area contributed by atoms with E-state index < -0.39 is 0 Å². The average Bonchev–Trinajstić information content (AvgIpc) is 3.56. The van der Waals surface area contributed by atoms with E-state index in [1.165, 1.54) is 49.4 Å². The molecule has 3 nitrogen and oxygen atoms in total. The molecule has 244 valence electrons. The highest BCUT2D eigenvalue weighted by atomic mass is 16.3. The molecule has 0 bridgehead atoms. The summed E-state index contributed by atoms with van der Waals surface area (Å²) in [6.07, 6.45) is 0. The van der Waals surface area contributed by atoms with Gasteiger partial charge in [-0.05, 0) is 74.3 Å². The highest BCUT2D eigenvalue weighted by molar-refractivity contribution is 6.20. The van der Waals surface area contributed by atoms with Crippen LogP contribution in [0, 0.1) is 0 Å². The highest BCUT2D eigenvalue weighted by Gasteiger charge is 2.47. The van der Waals surface area contributed by atoms with Crippen molar-refractivity contribution in [3.05, 3.63) is 157 Å². The van der Waals surface area contributed by atoms with Crippen molar-refractivity contribution in [1.82, 2.24) is 9.97 Å². The molecular weight excluding hydrogens is 621 g/mol. The lowest BCUT2D eigenvalue weighted by Crippen LogP contribution is -2.43. The maximum Gasteiger partial charge on any atom is 0.139 e. The molecule has 10 rings (SSSR count). The summed E-state index contributed by atoms with van der Waals surface area (Å²) in [4.78, 5) is 10.4. The van der Waals surface area contributed by atoms with E-state index in [0.29, 0.717) is 0 Å². The van der Waals surface area contributed by atoms with E-state index in [1.807, 2.05) is 12.1 Å². The number of hydrogen-bond acceptors (Lipinski definition) is 3. The highest BCUT2D eigenvalue weighted by Crippen LogP contribution is 2.57. The van der Waals surface area contributed by atoms with Crippen molar-refractivity contribution in [2.24, 2.45) is 0 Å². The molecule has 0 aliphatic heterocycles. The van der Waals surface area contributed by atoms with E-state index >= 15 is 0 Å². The van der Waals surface area contributed by atoms with E-state index in [1.54, 1.807) is 0 Å². The maximum atomic E-state index is 6.80. The van der Waals surface area contributed by atoms with Gasteiger partial charge in [0, 0.05) is 32.9 Å². The number of nitrogens with zero attached hydrogens (tertiary/aromatic N) is 2. The number of hydrogen-bond donors (Lipinski definition) is 0. The lowest BCUT2D eigenvalue weighted by molar-refractivity contribution is 0.299. The molecule has 0 spiro atoms. The minimum absolute atomic E-state index is 0.192. The van der Waals surface area contributed by atoms with E-state index in [4.69, 9.17) is 14.4 Å². The molecule has 0 radical (unpaired) electrons. The SMILES string of the molecule is CC1(C)c2cc(-c3ccc4nc(-c5ccccc5)c(-c5ccccc5)nc4c3)ccc2-c2ccc3c(oc4ccc5ccccc5c43)c2C1(C)C. The summed E-state index contributed by atoms with van der Waals surface area (Å²) in [6, 6.07) is 51.7. The summed E-state index contributed by atoms with van der Waals surface area (Å²) in [5.41, 5.74) is 14.7. The van der Waals surface area contributed by atoms with Crippen LogP contribution in [0.2, 0.25) is 0 Å². The summed E-state index contributed by atoms with van der Waals surface area (Å²) in [6.45, 7) is 9.54. The molecule has 9 aromatic rings. The molecule has 3 heteroatoms. The zero-order chi connectivity index (χ0) is 34.5. The quantitative estimate of drug-likeness (QED) is 0.190. The van der Waals surface area contributed by atoms with Crippen LogP contribution in [0.1, 0.15) is 38.8 Å². The van der Waals surface area contributed by atoms with Crippen LogP contribution >= 0.6 is 0 Å². The average molecular weight is 657 g/mol. The Balaban J connectivity index is 1.14. The summed E-state index contributed by atoms with van der Waals surface area (Å²) < 4.78 is 6.80. The van der Waals surface area contributed by atoms with E-state index in [2.05, 4.69) is 161 Å². The van der Waals surface area contributed by atoms with Crippen LogP contribution in [0.4, 0.5) is 0 Å². The van der Waals surface area contributed by atoms with Crippen LogP contribution in [0.5, 0.6) is 0 Å². The largest absolute Gasteiger partial charge is 0.456 e. The molecule has 1 aliphatic rings. The molecule has 0 atom stereocenters. The molecule has 0 fully saturated rings. The lowest BCUT2D eigenvalue weighted by Gasteiger charge is -2.48. The van der Waals surface area contributed by atoms with E-state index in [0.717, 1.165) is 50.3 Å². The number of furan rings is 1. The molecule has 7 aromatic carbocycles. The van der Waals surface area contributed by atoms with Crippen molar-refractivity contribution < 1.29 is 4.42 Å². The second-order valence-corrected chi connectivity index (χ2v) is 15.0. The predicted octanol–water partition coefficient (Wildman–Crippen LogP) is 12.9. The van der Waals surface area contributed by atoms with Gasteiger partial charge >= 0.3 is 0 Å². The van der Waals surface area contributed by atoms with Gasteiger partial charge in [-0.2, -0.15) is 0 Å². The Kier molecular flexibility index (Phi) is 6.27. The van der Waals surface area contributed by atoms with Crippen molar-refractivity contribution in [3.63, 3.8) is 0 Å². The summed E-state index contributed by atoms with van der Waals surface area (Å²) >= 11 is 0. The van der Waals surface area contributed by atoms with Gasteiger partial charge in [0.15, 0.2) is 0 Å². The summed E-state index contributed by atoms with van der Waals surface area (Å²) in [5.74, 6) is 0. The third-order valence-electron chi connectivity index (χ3n) is 11.8. The van der Waals surface area contributed by atoms with Gasteiger partial charge in [-0.3, -0.25) is 0 Å². The molecule has 0 saturated carbocycles. The Morgan fingerprint density at radius 2 is 1.10 bits per heavy atom. The Morgan fingerprint density at radius 3 is 1.84 bits per heavy atom. The van der Waals surface area contributed by atoms with Gasteiger partial charge in [-0.15, -0.1) is 0 Å². The molecule has 0 N–H and O–H groups in total. The van der Waals surface area contributed by atoms with Gasteiger partial charge in [0.05, 0.1) is 22.4 Å². The van der Waals surface area contributed by atoms with Gasteiger partial charge in [-0.1, -0.05) is 143 Å². The molecule has 2 aromatic heterocycles. The first kappa shape index (κ1) is 29.8. The Bertz CT molecular complexity index is 2850. The van der Waals surface area contributed by atoms with Crippen LogP contribution in [0.15, 0.2) is 150 Å². The van der Waals surface area contributed by atoms with Gasteiger partial charge in [0.2, 0.25) is 0 Å². The minimum atomic E-state index is -0.218. The number of benzene rings is 7. The molecule has 1 aliphatic carbocycles. The fourth-order valence-corrected chi connectivity index (χ4v) is 8.41. The molecule has 0 amide bonds. The first-order chi connectivity index (χ1) is 24.8. The monoisotopic (exact) mass is 656 g/mol. The summed E-state index contributed by atoms with van der Waals surface area (Å²) in [7, 11) is 0. The van der Waals surface area contributed by atoms with Crippen LogP contribution in [0.25, 0.3) is 88.5 Å². The van der Waals surface area contributed by atoms with Crippen LogP contribution in [0.3, 0.4) is 0 Å². The maximum absolute atomic E-state index is 6.80. The third kappa shape index (κ3) is 4.31. The zero-order valence-corrected chi connectivity index (χ0v) is 29.2. The van der Waals surface area contributed by atoms with Crippen molar-refractivity contribution in [3.8, 4) is 44.8 Å². The standard InChI is InChI=1S/C48H36N2O/c1-47(2)38-27-32(33-20-25-39-40(28-33)50-45(31-16-9-6-10-17-31)44(49-39)30-14-7-5-8-15-30)19-22-35(38)36-23-24-37-42-34-18-12-11-13-29(34)21-26-41(42)51-46(37)43(36)48(47,3)4/h5-28H,1-4H3. The minimum Gasteiger partial charge on any atom is -0.456 e. The molecule has 0 saturated heterocycles. The fourth-order valence-electron chi connectivity index (χ4n) is 8.41. The van der Waals surface area contributed by atoms with Crippen molar-refractivity contribution in [2.75, 3.05) is 0 Å². The third-order valence-corrected chi connectivity index (χ3v) is 11.8. The Labute approximate surface area is 297 Å². The Morgan fingerprint density at radius 1 is 0.471 bits per heavy atom. The molecular formula is C48H36N2O. The molecule has 0 unspecified atom stereocenters. The first-order valence-electron chi connectivity index (χ1n) is 17.7.